The highest BCUT2D eigenvalue weighted by Gasteiger charge is 2.34. The zero-order chi connectivity index (χ0) is 22.8. The van der Waals surface area contributed by atoms with Gasteiger partial charge >= 0.3 is 5.97 Å². The normalized spacial score (nSPS) is 13.6. The van der Waals surface area contributed by atoms with Crippen LogP contribution in [0, 0.1) is 0 Å². The predicted octanol–water partition coefficient (Wildman–Crippen LogP) is 7.44. The molecule has 3 rings (SSSR count). The first-order valence-electron chi connectivity index (χ1n) is 10.4. The fourth-order valence-corrected chi connectivity index (χ4v) is 5.37. The Bertz CT molecular complexity index is 1110. The van der Waals surface area contributed by atoms with Gasteiger partial charge in [0.15, 0.2) is 4.93 Å². The summed E-state index contributed by atoms with van der Waals surface area (Å²) in [5.41, 5.74) is 2.27. The fourth-order valence-electron chi connectivity index (χ4n) is 3.73. The fraction of sp³-hybridized carbons (Fsp3) is 0.346. The molecule has 1 heterocycles. The molecule has 164 valence electrons. The highest BCUT2D eigenvalue weighted by Crippen LogP contribution is 2.38. The summed E-state index contributed by atoms with van der Waals surface area (Å²) in [6.45, 7) is 13.1. The van der Waals surface area contributed by atoms with E-state index in [0.29, 0.717) is 12.0 Å². The van der Waals surface area contributed by atoms with Gasteiger partial charge in [-0.3, -0.25) is 0 Å². The second-order valence-corrected chi connectivity index (χ2v) is 10.7. The molecule has 31 heavy (non-hydrogen) atoms. The van der Waals surface area contributed by atoms with Crippen molar-refractivity contribution in [1.29, 1.82) is 0 Å². The van der Waals surface area contributed by atoms with Gasteiger partial charge in [0.1, 0.15) is 11.4 Å². The minimum Gasteiger partial charge on any atom is -0.477 e. The molecule has 0 saturated heterocycles. The average molecular weight is 455 g/mol. The number of carbonyl (C=O) groups is 1. The molecule has 0 radical (unpaired) electrons. The quantitative estimate of drug-likeness (QED) is 0.166. The van der Waals surface area contributed by atoms with Crippen LogP contribution in [0.5, 0.6) is 5.75 Å². The smallest absolute Gasteiger partial charge is 0.333 e. The third-order valence-corrected chi connectivity index (χ3v) is 6.34. The molecule has 1 unspecified atom stereocenters. The van der Waals surface area contributed by atoms with E-state index < -0.39 is 16.5 Å². The molecule has 1 aromatic heterocycles. The van der Waals surface area contributed by atoms with Gasteiger partial charge in [0.2, 0.25) is 0 Å². The summed E-state index contributed by atoms with van der Waals surface area (Å²) in [6, 6.07) is 16.9. The molecule has 0 aliphatic heterocycles. The van der Waals surface area contributed by atoms with Crippen LogP contribution in [0.1, 0.15) is 46.6 Å². The number of carbonyl (C=O) groups excluding carboxylic acids is 1. The SMILES string of the molecule is C=C(C)C(=O)OC(C)(C)CC(C)(S)Oc1ccc2cc(-c3ccccc3CC)sc2c1. The monoisotopic (exact) mass is 454 g/mol. The maximum atomic E-state index is 11.9. The summed E-state index contributed by atoms with van der Waals surface area (Å²) < 4.78 is 12.9. The second kappa shape index (κ2) is 9.09. The number of hydrogen-bond donors (Lipinski definition) is 1. The van der Waals surface area contributed by atoms with Gasteiger partial charge < -0.3 is 9.47 Å². The Morgan fingerprint density at radius 1 is 1.13 bits per heavy atom. The number of ether oxygens (including phenoxy) is 2. The van der Waals surface area contributed by atoms with E-state index in [1.165, 1.54) is 21.4 Å². The van der Waals surface area contributed by atoms with Crippen molar-refractivity contribution in [1.82, 2.24) is 0 Å². The van der Waals surface area contributed by atoms with Gasteiger partial charge in [-0.05, 0) is 74.9 Å². The van der Waals surface area contributed by atoms with Gasteiger partial charge in [-0.2, -0.15) is 0 Å². The van der Waals surface area contributed by atoms with Crippen LogP contribution in [0.25, 0.3) is 20.5 Å². The standard InChI is InChI=1S/C26H30O3S2/c1-7-18-10-8-9-11-21(18)23-14-19-12-13-20(15-22(19)31-23)28-26(6,30)16-25(4,5)29-24(27)17(2)3/h8-15,30H,2,7,16H2,1,3-6H3. The van der Waals surface area contributed by atoms with Crippen molar-refractivity contribution < 1.29 is 14.3 Å². The number of benzene rings is 2. The zero-order valence-electron chi connectivity index (χ0n) is 18.8. The van der Waals surface area contributed by atoms with E-state index in [1.54, 1.807) is 18.3 Å². The van der Waals surface area contributed by atoms with E-state index in [1.807, 2.05) is 26.8 Å². The lowest BCUT2D eigenvalue weighted by Gasteiger charge is -2.34. The number of esters is 1. The van der Waals surface area contributed by atoms with E-state index in [-0.39, 0.29) is 0 Å². The van der Waals surface area contributed by atoms with Crippen LogP contribution < -0.4 is 4.74 Å². The van der Waals surface area contributed by atoms with E-state index in [9.17, 15) is 4.79 Å². The van der Waals surface area contributed by atoms with Crippen molar-refractivity contribution >= 4 is 40.0 Å². The van der Waals surface area contributed by atoms with Gasteiger partial charge in [-0.25, -0.2) is 4.79 Å². The number of rotatable bonds is 8. The number of thiol groups is 1. The van der Waals surface area contributed by atoms with Crippen molar-refractivity contribution in [3.8, 4) is 16.2 Å². The first-order valence-corrected chi connectivity index (χ1v) is 11.7. The van der Waals surface area contributed by atoms with Gasteiger partial charge in [-0.1, -0.05) is 37.8 Å². The van der Waals surface area contributed by atoms with E-state index >= 15 is 0 Å². The van der Waals surface area contributed by atoms with Gasteiger partial charge in [0, 0.05) is 21.6 Å². The molecule has 3 nitrogen and oxygen atoms in total. The van der Waals surface area contributed by atoms with E-state index in [0.717, 1.165) is 16.9 Å². The van der Waals surface area contributed by atoms with Crippen LogP contribution >= 0.6 is 24.0 Å². The highest BCUT2D eigenvalue weighted by atomic mass is 32.1. The summed E-state index contributed by atoms with van der Waals surface area (Å²) >= 11 is 6.48. The summed E-state index contributed by atoms with van der Waals surface area (Å²) in [7, 11) is 0. The maximum Gasteiger partial charge on any atom is 0.333 e. The summed E-state index contributed by atoms with van der Waals surface area (Å²) in [4.78, 5) is 12.4. The zero-order valence-corrected chi connectivity index (χ0v) is 20.5. The number of fused-ring (bicyclic) bond motifs is 1. The third-order valence-electron chi connectivity index (χ3n) is 4.96. The molecule has 0 aliphatic rings. The molecule has 3 aromatic rings. The number of aryl methyl sites for hydroxylation is 1. The molecule has 0 N–H and O–H groups in total. The average Bonchev–Trinajstić information content (AvgIpc) is 3.09. The largest absolute Gasteiger partial charge is 0.477 e. The predicted molar refractivity (Wildman–Crippen MR) is 134 cm³/mol. The van der Waals surface area contributed by atoms with Crippen LogP contribution in [0.3, 0.4) is 0 Å². The molecule has 0 saturated carbocycles. The molecule has 0 bridgehead atoms. The van der Waals surface area contributed by atoms with Crippen molar-refractivity contribution in [3.63, 3.8) is 0 Å². The maximum absolute atomic E-state index is 11.9. The van der Waals surface area contributed by atoms with Crippen LogP contribution in [0.2, 0.25) is 0 Å². The Hall–Kier alpha value is -2.24. The number of thiophene rings is 1. The van der Waals surface area contributed by atoms with Crippen LogP contribution in [-0.2, 0) is 16.0 Å². The Balaban J connectivity index is 1.80. The Morgan fingerprint density at radius 2 is 1.84 bits per heavy atom. The lowest BCUT2D eigenvalue weighted by molar-refractivity contribution is -0.153. The van der Waals surface area contributed by atoms with Crippen molar-refractivity contribution in [3.05, 3.63) is 66.2 Å². The van der Waals surface area contributed by atoms with Gasteiger partial charge in [0.25, 0.3) is 0 Å². The van der Waals surface area contributed by atoms with E-state index in [4.69, 9.17) is 22.1 Å². The van der Waals surface area contributed by atoms with Crippen molar-refractivity contribution in [2.24, 2.45) is 0 Å². The van der Waals surface area contributed by atoms with Gasteiger partial charge in [-0.15, -0.1) is 24.0 Å². The minimum absolute atomic E-state index is 0.374. The first kappa shape index (κ1) is 23.4. The Kier molecular flexibility index (Phi) is 6.87. The molecule has 0 amide bonds. The Morgan fingerprint density at radius 3 is 2.52 bits per heavy atom. The number of hydrogen-bond acceptors (Lipinski definition) is 5. The summed E-state index contributed by atoms with van der Waals surface area (Å²) in [5, 5.41) is 1.19. The van der Waals surface area contributed by atoms with Crippen LogP contribution in [0.15, 0.2) is 60.7 Å². The molecular weight excluding hydrogens is 424 g/mol. The lowest BCUT2D eigenvalue weighted by Crippen LogP contribution is -2.39. The van der Waals surface area contributed by atoms with Crippen LogP contribution in [-0.4, -0.2) is 16.5 Å². The molecule has 5 heteroatoms. The summed E-state index contributed by atoms with van der Waals surface area (Å²) in [5.74, 6) is 0.332. The van der Waals surface area contributed by atoms with E-state index in [2.05, 4.69) is 56.0 Å². The minimum atomic E-state index is -0.818. The first-order chi connectivity index (χ1) is 14.5. The van der Waals surface area contributed by atoms with Crippen LogP contribution in [0.4, 0.5) is 0 Å². The highest BCUT2D eigenvalue weighted by molar-refractivity contribution is 7.81. The molecule has 0 fully saturated rings. The topological polar surface area (TPSA) is 35.5 Å². The Labute approximate surface area is 194 Å². The lowest BCUT2D eigenvalue weighted by atomic mass is 10.0. The molecule has 0 spiro atoms. The third kappa shape index (κ3) is 5.92. The second-order valence-electron chi connectivity index (χ2n) is 8.70. The molecule has 0 aliphatic carbocycles. The van der Waals surface area contributed by atoms with Gasteiger partial charge in [0.05, 0.1) is 0 Å². The van der Waals surface area contributed by atoms with Crippen molar-refractivity contribution in [2.45, 2.75) is 58.0 Å². The molecule has 1 atom stereocenters. The summed E-state index contributed by atoms with van der Waals surface area (Å²) in [6.07, 6.45) is 1.42. The molecule has 2 aromatic carbocycles. The van der Waals surface area contributed by atoms with Crippen molar-refractivity contribution in [2.75, 3.05) is 0 Å². The molecular formula is C26H30O3S2.